The third-order valence-electron chi connectivity index (χ3n) is 3.03. The first-order chi connectivity index (χ1) is 9.40. The number of aromatic nitrogens is 1. The van der Waals surface area contributed by atoms with E-state index in [2.05, 4.69) is 9.71 Å². The van der Waals surface area contributed by atoms with Crippen molar-refractivity contribution >= 4 is 26.6 Å². The number of sulfonamides is 1. The van der Waals surface area contributed by atoms with Crippen LogP contribution in [-0.4, -0.2) is 45.5 Å². The topological polar surface area (TPSA) is 91.2 Å². The van der Waals surface area contributed by atoms with Crippen molar-refractivity contribution in [3.8, 4) is 0 Å². The summed E-state index contributed by atoms with van der Waals surface area (Å²) in [7, 11) is 0.419. The Kier molecular flexibility index (Phi) is 4.32. The SMILES string of the molecule is CN(C)CCCNS(=O)(=O)c1c[nH]c2cc(N)ccc12. The van der Waals surface area contributed by atoms with Crippen LogP contribution in [0.3, 0.4) is 0 Å². The van der Waals surface area contributed by atoms with E-state index >= 15 is 0 Å². The van der Waals surface area contributed by atoms with Gasteiger partial charge in [-0.1, -0.05) is 0 Å². The number of nitrogens with one attached hydrogen (secondary N) is 2. The van der Waals surface area contributed by atoms with Crippen molar-refractivity contribution in [3.63, 3.8) is 0 Å². The lowest BCUT2D eigenvalue weighted by Gasteiger charge is -2.10. The Bertz CT molecular complexity index is 691. The van der Waals surface area contributed by atoms with Crippen LogP contribution in [0.15, 0.2) is 29.3 Å². The standard InChI is InChI=1S/C13H20N4O2S/c1-17(2)7-3-6-16-20(18,19)13-9-15-12-8-10(14)4-5-11(12)13/h4-5,8-9,15-16H,3,6-7,14H2,1-2H3. The lowest BCUT2D eigenvalue weighted by Crippen LogP contribution is -2.27. The molecule has 1 heterocycles. The molecule has 0 atom stereocenters. The van der Waals surface area contributed by atoms with Crippen molar-refractivity contribution in [3.05, 3.63) is 24.4 Å². The van der Waals surface area contributed by atoms with Gasteiger partial charge in [-0.3, -0.25) is 0 Å². The van der Waals surface area contributed by atoms with Gasteiger partial charge in [-0.25, -0.2) is 13.1 Å². The summed E-state index contributed by atoms with van der Waals surface area (Å²) in [6.45, 7) is 1.26. The highest BCUT2D eigenvalue weighted by Gasteiger charge is 2.18. The van der Waals surface area contributed by atoms with Gasteiger partial charge in [0.25, 0.3) is 0 Å². The Labute approximate surface area is 119 Å². The van der Waals surface area contributed by atoms with Gasteiger partial charge in [-0.05, 0) is 45.3 Å². The van der Waals surface area contributed by atoms with E-state index in [0.29, 0.717) is 17.6 Å². The van der Waals surface area contributed by atoms with E-state index in [9.17, 15) is 8.42 Å². The van der Waals surface area contributed by atoms with Crippen LogP contribution in [0.4, 0.5) is 5.69 Å². The molecule has 0 aliphatic rings. The highest BCUT2D eigenvalue weighted by atomic mass is 32.2. The molecule has 7 heteroatoms. The van der Waals surface area contributed by atoms with Crippen molar-refractivity contribution in [2.24, 2.45) is 0 Å². The number of hydrogen-bond acceptors (Lipinski definition) is 4. The van der Waals surface area contributed by atoms with Crippen LogP contribution < -0.4 is 10.5 Å². The molecular formula is C13H20N4O2S. The summed E-state index contributed by atoms with van der Waals surface area (Å²) in [5.41, 5.74) is 7.00. The highest BCUT2D eigenvalue weighted by Crippen LogP contribution is 2.24. The van der Waals surface area contributed by atoms with Crippen molar-refractivity contribution in [2.75, 3.05) is 32.9 Å². The molecule has 1 aromatic heterocycles. The zero-order valence-electron chi connectivity index (χ0n) is 11.7. The fourth-order valence-corrected chi connectivity index (χ4v) is 3.27. The van der Waals surface area contributed by atoms with E-state index in [1.807, 2.05) is 19.0 Å². The Morgan fingerprint density at radius 1 is 1.35 bits per heavy atom. The summed E-state index contributed by atoms with van der Waals surface area (Å²) < 4.78 is 27.1. The monoisotopic (exact) mass is 296 g/mol. The number of H-pyrrole nitrogens is 1. The van der Waals surface area contributed by atoms with E-state index in [-0.39, 0.29) is 4.90 Å². The maximum absolute atomic E-state index is 12.3. The predicted molar refractivity (Wildman–Crippen MR) is 81.1 cm³/mol. The summed E-state index contributed by atoms with van der Waals surface area (Å²) in [5.74, 6) is 0. The Morgan fingerprint density at radius 2 is 2.10 bits per heavy atom. The van der Waals surface area contributed by atoms with Crippen molar-refractivity contribution in [1.82, 2.24) is 14.6 Å². The van der Waals surface area contributed by atoms with Gasteiger partial charge in [-0.2, -0.15) is 0 Å². The Hall–Kier alpha value is -1.57. The molecule has 6 nitrogen and oxygen atoms in total. The molecule has 1 aromatic carbocycles. The molecule has 4 N–H and O–H groups in total. The second-order valence-electron chi connectivity index (χ2n) is 5.01. The molecule has 0 radical (unpaired) electrons. The number of nitrogens with two attached hydrogens (primary N) is 1. The average molecular weight is 296 g/mol. The fraction of sp³-hybridized carbons (Fsp3) is 0.385. The molecule has 0 saturated carbocycles. The highest BCUT2D eigenvalue weighted by molar-refractivity contribution is 7.89. The number of rotatable bonds is 6. The molecule has 0 saturated heterocycles. The lowest BCUT2D eigenvalue weighted by molar-refractivity contribution is 0.400. The smallest absolute Gasteiger partial charge is 0.242 e. The second kappa shape index (κ2) is 5.82. The van der Waals surface area contributed by atoms with Crippen LogP contribution in [0.2, 0.25) is 0 Å². The van der Waals surface area contributed by atoms with Gasteiger partial charge >= 0.3 is 0 Å². The van der Waals surface area contributed by atoms with E-state index in [0.717, 1.165) is 18.5 Å². The quantitative estimate of drug-likeness (QED) is 0.547. The number of aromatic amines is 1. The number of nitrogen functional groups attached to an aromatic ring is 1. The molecule has 0 aliphatic carbocycles. The average Bonchev–Trinajstić information content (AvgIpc) is 2.78. The van der Waals surface area contributed by atoms with E-state index < -0.39 is 10.0 Å². The molecule has 2 rings (SSSR count). The lowest BCUT2D eigenvalue weighted by atomic mass is 10.2. The predicted octanol–water partition coefficient (Wildman–Crippen LogP) is 0.980. The minimum atomic E-state index is -3.49. The zero-order chi connectivity index (χ0) is 14.8. The molecule has 0 unspecified atom stereocenters. The molecule has 0 bridgehead atoms. The van der Waals surface area contributed by atoms with Gasteiger partial charge in [0.05, 0.1) is 0 Å². The van der Waals surface area contributed by atoms with Crippen molar-refractivity contribution in [1.29, 1.82) is 0 Å². The van der Waals surface area contributed by atoms with Crippen LogP contribution in [0.25, 0.3) is 10.9 Å². The van der Waals surface area contributed by atoms with Gasteiger partial charge < -0.3 is 15.6 Å². The molecule has 0 fully saturated rings. The maximum Gasteiger partial charge on any atom is 0.242 e. The van der Waals surface area contributed by atoms with Gasteiger partial charge in [-0.15, -0.1) is 0 Å². The first-order valence-corrected chi connectivity index (χ1v) is 7.89. The molecule has 20 heavy (non-hydrogen) atoms. The largest absolute Gasteiger partial charge is 0.399 e. The van der Waals surface area contributed by atoms with Crippen molar-refractivity contribution in [2.45, 2.75) is 11.3 Å². The Balaban J connectivity index is 2.15. The van der Waals surface area contributed by atoms with E-state index in [4.69, 9.17) is 5.73 Å². The second-order valence-corrected chi connectivity index (χ2v) is 6.75. The summed E-state index contributed by atoms with van der Waals surface area (Å²) in [6, 6.07) is 5.14. The number of anilines is 1. The summed E-state index contributed by atoms with van der Waals surface area (Å²) in [6.07, 6.45) is 2.26. The number of fused-ring (bicyclic) bond motifs is 1. The molecule has 0 spiro atoms. The molecular weight excluding hydrogens is 276 g/mol. The van der Waals surface area contributed by atoms with Gasteiger partial charge in [0.2, 0.25) is 10.0 Å². The van der Waals surface area contributed by atoms with Gasteiger partial charge in [0.1, 0.15) is 4.90 Å². The maximum atomic E-state index is 12.3. The third-order valence-corrected chi connectivity index (χ3v) is 4.53. The molecule has 0 amide bonds. The van der Waals surface area contributed by atoms with E-state index in [1.165, 1.54) is 6.20 Å². The van der Waals surface area contributed by atoms with Crippen LogP contribution >= 0.6 is 0 Å². The summed E-state index contributed by atoms with van der Waals surface area (Å²) in [4.78, 5) is 5.21. The van der Waals surface area contributed by atoms with Gasteiger partial charge in [0, 0.05) is 29.3 Å². The van der Waals surface area contributed by atoms with Crippen LogP contribution in [0, 0.1) is 0 Å². The number of hydrogen-bond donors (Lipinski definition) is 3. The molecule has 110 valence electrons. The van der Waals surface area contributed by atoms with Crippen LogP contribution in [-0.2, 0) is 10.0 Å². The third kappa shape index (κ3) is 3.30. The molecule has 0 aliphatic heterocycles. The summed E-state index contributed by atoms with van der Waals surface area (Å²) in [5, 5.41) is 0.652. The first kappa shape index (κ1) is 14.8. The van der Waals surface area contributed by atoms with E-state index in [1.54, 1.807) is 18.2 Å². The Morgan fingerprint density at radius 3 is 2.80 bits per heavy atom. The zero-order valence-corrected chi connectivity index (χ0v) is 12.5. The first-order valence-electron chi connectivity index (χ1n) is 6.41. The fourth-order valence-electron chi connectivity index (χ4n) is 2.02. The number of benzene rings is 1. The minimum Gasteiger partial charge on any atom is -0.399 e. The van der Waals surface area contributed by atoms with Gasteiger partial charge in [0.15, 0.2) is 0 Å². The van der Waals surface area contributed by atoms with Crippen LogP contribution in [0.5, 0.6) is 0 Å². The number of nitrogens with zero attached hydrogens (tertiary/aromatic N) is 1. The van der Waals surface area contributed by atoms with Crippen LogP contribution in [0.1, 0.15) is 6.42 Å². The summed E-state index contributed by atoms with van der Waals surface area (Å²) >= 11 is 0. The molecule has 2 aromatic rings. The van der Waals surface area contributed by atoms with Crippen molar-refractivity contribution < 1.29 is 8.42 Å². The minimum absolute atomic E-state index is 0.261. The normalized spacial score (nSPS) is 12.3.